The maximum Gasteiger partial charge on any atom is 0.270 e. The second-order valence-electron chi connectivity index (χ2n) is 10.1. The highest BCUT2D eigenvalue weighted by atomic mass is 32.2. The van der Waals surface area contributed by atoms with Crippen molar-refractivity contribution in [2.75, 3.05) is 19.7 Å². The van der Waals surface area contributed by atoms with E-state index in [1.807, 2.05) is 31.2 Å². The number of aliphatic hydroxyl groups excluding tert-OH is 1. The molecule has 1 aromatic heterocycles. The van der Waals surface area contributed by atoms with E-state index >= 15 is 0 Å². The van der Waals surface area contributed by atoms with Crippen molar-refractivity contribution >= 4 is 21.7 Å². The molecule has 2 N–H and O–H groups in total. The zero-order chi connectivity index (χ0) is 25.6. The number of aliphatic hydroxyl groups is 1. The van der Waals surface area contributed by atoms with E-state index in [0.717, 1.165) is 11.1 Å². The molecule has 1 aromatic carbocycles. The molecule has 10 heteroatoms. The maximum atomic E-state index is 13.2. The van der Waals surface area contributed by atoms with Gasteiger partial charge in [-0.1, -0.05) is 29.8 Å². The number of aromatic nitrogens is 1. The van der Waals surface area contributed by atoms with Crippen LogP contribution in [-0.4, -0.2) is 64.0 Å². The number of sulfone groups is 1. The molecule has 0 atom stereocenters. The number of aryl methyl sites for hydroxylation is 1. The van der Waals surface area contributed by atoms with Crippen molar-refractivity contribution in [3.8, 4) is 0 Å². The fourth-order valence-corrected chi connectivity index (χ4v) is 6.76. The number of benzene rings is 1. The Morgan fingerprint density at radius 3 is 2.34 bits per heavy atom. The average molecular weight is 502 g/mol. The third-order valence-corrected chi connectivity index (χ3v) is 10.3. The van der Waals surface area contributed by atoms with Crippen molar-refractivity contribution in [1.82, 2.24) is 14.8 Å². The van der Waals surface area contributed by atoms with E-state index in [9.17, 15) is 27.9 Å². The number of carbonyl (C=O) groups is 2. The average Bonchev–Trinajstić information content (AvgIpc) is 3.62. The lowest BCUT2D eigenvalue weighted by atomic mass is 10.1. The molecule has 0 unspecified atom stereocenters. The van der Waals surface area contributed by atoms with Crippen molar-refractivity contribution < 1.29 is 23.1 Å². The lowest BCUT2D eigenvalue weighted by Gasteiger charge is -2.35. The van der Waals surface area contributed by atoms with Gasteiger partial charge in [0.05, 0.1) is 16.1 Å². The van der Waals surface area contributed by atoms with Crippen molar-refractivity contribution in [1.29, 1.82) is 0 Å². The molecule has 0 saturated heterocycles. The number of pyridine rings is 1. The summed E-state index contributed by atoms with van der Waals surface area (Å²) in [6.45, 7) is 5.06. The fourth-order valence-electron chi connectivity index (χ4n) is 4.45. The highest BCUT2D eigenvalue weighted by molar-refractivity contribution is 7.94. The van der Waals surface area contributed by atoms with Crippen LogP contribution in [-0.2, 0) is 22.9 Å². The van der Waals surface area contributed by atoms with Gasteiger partial charge in [0.1, 0.15) is 11.3 Å². The van der Waals surface area contributed by atoms with Gasteiger partial charge in [-0.2, -0.15) is 0 Å². The quantitative estimate of drug-likeness (QED) is 0.561. The number of hydrogen-bond acceptors (Lipinski definition) is 6. The van der Waals surface area contributed by atoms with Gasteiger partial charge in [-0.15, -0.1) is 0 Å². The lowest BCUT2D eigenvalue weighted by Crippen LogP contribution is -2.53. The molecule has 2 aromatic rings. The van der Waals surface area contributed by atoms with Crippen LogP contribution in [0.15, 0.2) is 41.2 Å². The Labute approximate surface area is 204 Å². The molecule has 35 heavy (non-hydrogen) atoms. The van der Waals surface area contributed by atoms with E-state index in [-0.39, 0.29) is 37.4 Å². The minimum absolute atomic E-state index is 0.0184. The van der Waals surface area contributed by atoms with Gasteiger partial charge in [0.2, 0.25) is 0 Å². The van der Waals surface area contributed by atoms with E-state index in [2.05, 4.69) is 5.32 Å². The Morgan fingerprint density at radius 2 is 1.74 bits per heavy atom. The third-order valence-electron chi connectivity index (χ3n) is 7.06. The van der Waals surface area contributed by atoms with Crippen LogP contribution in [0, 0.1) is 6.92 Å². The molecule has 1 aliphatic carbocycles. The molecular formula is C25H31N3O6S. The highest BCUT2D eigenvalue weighted by Crippen LogP contribution is 2.49. The number of carbonyl (C=O) groups excluding carboxylic acids is 2. The number of rotatable bonds is 8. The fraction of sp³-hybridized carbons (Fsp3) is 0.480. The summed E-state index contributed by atoms with van der Waals surface area (Å²) >= 11 is 0. The molecule has 0 radical (unpaired) electrons. The lowest BCUT2D eigenvalue weighted by molar-refractivity contribution is 0.0694. The van der Waals surface area contributed by atoms with Crippen LogP contribution < -0.4 is 10.9 Å². The Balaban J connectivity index is 1.50. The minimum Gasteiger partial charge on any atom is -0.395 e. The summed E-state index contributed by atoms with van der Waals surface area (Å²) in [5.41, 5.74) is 1.54. The molecule has 1 saturated carbocycles. The molecular weight excluding hydrogens is 470 g/mol. The zero-order valence-corrected chi connectivity index (χ0v) is 21.0. The first kappa shape index (κ1) is 25.1. The van der Waals surface area contributed by atoms with Crippen LogP contribution in [0.5, 0.6) is 0 Å². The summed E-state index contributed by atoms with van der Waals surface area (Å²) in [7, 11) is -3.70. The summed E-state index contributed by atoms with van der Waals surface area (Å²) in [4.78, 5) is 40.3. The van der Waals surface area contributed by atoms with Crippen LogP contribution in [0.25, 0.3) is 0 Å². The Morgan fingerprint density at radius 1 is 1.09 bits per heavy atom. The highest BCUT2D eigenvalue weighted by Gasteiger charge is 2.60. The van der Waals surface area contributed by atoms with Gasteiger partial charge >= 0.3 is 0 Å². The maximum absolute atomic E-state index is 13.2. The molecule has 1 aliphatic heterocycles. The summed E-state index contributed by atoms with van der Waals surface area (Å²) < 4.78 is 25.2. The van der Waals surface area contributed by atoms with Gasteiger partial charge in [0.15, 0.2) is 9.84 Å². The SMILES string of the molecule is Cc1ccc(CNC(=O)c2ccc3n(c2=O)CCN(CC2(S(=O)(=O)C(C)(C)CO)CC2)C3=O)cc1. The van der Waals surface area contributed by atoms with E-state index in [1.165, 1.54) is 35.4 Å². The number of amides is 2. The third kappa shape index (κ3) is 4.40. The van der Waals surface area contributed by atoms with Crippen molar-refractivity contribution in [3.05, 3.63) is 69.1 Å². The summed E-state index contributed by atoms with van der Waals surface area (Å²) in [5, 5.41) is 12.3. The van der Waals surface area contributed by atoms with Crippen molar-refractivity contribution in [3.63, 3.8) is 0 Å². The zero-order valence-electron chi connectivity index (χ0n) is 20.2. The second-order valence-corrected chi connectivity index (χ2v) is 13.1. The van der Waals surface area contributed by atoms with Gasteiger partial charge < -0.3 is 19.9 Å². The molecule has 0 bridgehead atoms. The van der Waals surface area contributed by atoms with E-state index in [0.29, 0.717) is 12.8 Å². The van der Waals surface area contributed by atoms with Crippen LogP contribution in [0.3, 0.4) is 0 Å². The monoisotopic (exact) mass is 501 g/mol. The van der Waals surface area contributed by atoms with Crippen molar-refractivity contribution in [2.24, 2.45) is 0 Å². The summed E-state index contributed by atoms with van der Waals surface area (Å²) in [5.74, 6) is -0.960. The first-order valence-corrected chi connectivity index (χ1v) is 13.1. The number of nitrogens with one attached hydrogen (secondary N) is 1. The topological polar surface area (TPSA) is 126 Å². The van der Waals surface area contributed by atoms with Gasteiger partial charge in [-0.3, -0.25) is 14.4 Å². The standard InChI is InChI=1S/C25H31N3O6S/c1-17-4-6-18(7-5-17)14-26-21(30)19-8-9-20-23(32)27(12-13-28(20)22(19)31)15-25(10-11-25)35(33,34)24(2,3)16-29/h4-9,29H,10-16H2,1-3H3,(H,26,30). The first-order chi connectivity index (χ1) is 16.4. The molecule has 2 aliphatic rings. The smallest absolute Gasteiger partial charge is 0.270 e. The van der Waals surface area contributed by atoms with Crippen LogP contribution >= 0.6 is 0 Å². The predicted octanol–water partition coefficient (Wildman–Crippen LogP) is 1.26. The Hall–Kier alpha value is -2.98. The van der Waals surface area contributed by atoms with Gasteiger partial charge in [-0.05, 0) is 51.3 Å². The normalized spacial score (nSPS) is 17.1. The van der Waals surface area contributed by atoms with Gasteiger partial charge in [0.25, 0.3) is 17.4 Å². The molecule has 1 fully saturated rings. The number of nitrogens with zero attached hydrogens (tertiary/aromatic N) is 2. The molecule has 188 valence electrons. The molecule has 9 nitrogen and oxygen atoms in total. The summed E-state index contributed by atoms with van der Waals surface area (Å²) in [6, 6.07) is 10.5. The van der Waals surface area contributed by atoms with Crippen LogP contribution in [0.2, 0.25) is 0 Å². The molecule has 4 rings (SSSR count). The number of hydrogen-bond donors (Lipinski definition) is 2. The molecule has 2 amide bonds. The molecule has 0 spiro atoms. The summed E-state index contributed by atoms with van der Waals surface area (Å²) in [6.07, 6.45) is 0.852. The number of fused-ring (bicyclic) bond motifs is 1. The van der Waals surface area contributed by atoms with E-state index in [4.69, 9.17) is 0 Å². The predicted molar refractivity (Wildman–Crippen MR) is 131 cm³/mol. The van der Waals surface area contributed by atoms with Gasteiger partial charge in [-0.25, -0.2) is 8.42 Å². The largest absolute Gasteiger partial charge is 0.395 e. The van der Waals surface area contributed by atoms with Gasteiger partial charge in [0, 0.05) is 26.2 Å². The van der Waals surface area contributed by atoms with Crippen molar-refractivity contribution in [2.45, 2.75) is 56.2 Å². The second kappa shape index (κ2) is 8.91. The van der Waals surface area contributed by atoms with E-state index < -0.39 is 43.3 Å². The van der Waals surface area contributed by atoms with E-state index in [1.54, 1.807) is 0 Å². The van der Waals surface area contributed by atoms with Crippen LogP contribution in [0.1, 0.15) is 58.7 Å². The molecule has 2 heterocycles. The minimum atomic E-state index is -3.70. The first-order valence-electron chi connectivity index (χ1n) is 11.6. The van der Waals surface area contributed by atoms with Crippen LogP contribution in [0.4, 0.5) is 0 Å². The Bertz CT molecular complexity index is 1320. The Kier molecular flexibility index (Phi) is 6.39.